The van der Waals surface area contributed by atoms with Crippen LogP contribution in [-0.2, 0) is 0 Å². The van der Waals surface area contributed by atoms with Gasteiger partial charge >= 0.3 is 6.01 Å². The summed E-state index contributed by atoms with van der Waals surface area (Å²) in [5, 5.41) is 0. The van der Waals surface area contributed by atoms with Crippen LogP contribution in [0.1, 0.15) is 20.9 Å². The fourth-order valence-corrected chi connectivity index (χ4v) is 4.58. The monoisotopic (exact) mass is 522 g/mol. The average Bonchev–Trinajstić information content (AvgIpc) is 2.84. The number of nitrogens with zero attached hydrogens (tertiary/aromatic N) is 2. The molecule has 0 spiro atoms. The molecule has 1 heterocycles. The topological polar surface area (TPSA) is 35.0 Å². The lowest BCUT2D eigenvalue weighted by Gasteiger charge is -2.22. The second-order valence-electron chi connectivity index (χ2n) is 6.77. The van der Waals surface area contributed by atoms with E-state index in [9.17, 15) is 0 Å². The highest BCUT2D eigenvalue weighted by Gasteiger charge is 2.28. The minimum Gasteiger partial charge on any atom is -0.467 e. The van der Waals surface area contributed by atoms with Crippen molar-refractivity contribution >= 4 is 31.9 Å². The van der Waals surface area contributed by atoms with Gasteiger partial charge in [-0.1, -0.05) is 123 Å². The summed E-state index contributed by atoms with van der Waals surface area (Å²) in [6.45, 7) is 0. The highest BCUT2D eigenvalue weighted by atomic mass is 79.9. The molecule has 4 aromatic rings. The zero-order chi connectivity index (χ0) is 20.9. The van der Waals surface area contributed by atoms with Crippen LogP contribution in [0.25, 0.3) is 22.4 Å². The number of benzene rings is 3. The maximum absolute atomic E-state index is 5.49. The molecule has 0 amide bonds. The largest absolute Gasteiger partial charge is 0.467 e. The van der Waals surface area contributed by atoms with E-state index in [-0.39, 0.29) is 9.65 Å². The lowest BCUT2D eigenvalue weighted by molar-refractivity contribution is 0.378. The Morgan fingerprint density at radius 3 is 1.77 bits per heavy atom. The Morgan fingerprint density at radius 2 is 1.20 bits per heavy atom. The van der Waals surface area contributed by atoms with Crippen molar-refractivity contribution in [3.8, 4) is 28.4 Å². The predicted octanol–water partition coefficient (Wildman–Crippen LogP) is 7.39. The van der Waals surface area contributed by atoms with Gasteiger partial charge in [-0.05, 0) is 11.1 Å². The van der Waals surface area contributed by atoms with Crippen LogP contribution in [-0.4, -0.2) is 17.1 Å². The van der Waals surface area contributed by atoms with Gasteiger partial charge in [-0.25, -0.2) is 0 Å². The number of hydrogen-bond acceptors (Lipinski definition) is 3. The van der Waals surface area contributed by atoms with Gasteiger partial charge in [-0.15, -0.1) is 0 Å². The van der Waals surface area contributed by atoms with Crippen molar-refractivity contribution in [2.75, 3.05) is 7.11 Å². The van der Waals surface area contributed by atoms with Gasteiger partial charge in [0.2, 0.25) is 0 Å². The molecule has 0 saturated heterocycles. The second kappa shape index (κ2) is 9.54. The van der Waals surface area contributed by atoms with E-state index in [2.05, 4.69) is 68.3 Å². The summed E-state index contributed by atoms with van der Waals surface area (Å²) in [5.74, 6) is 0. The predicted molar refractivity (Wildman–Crippen MR) is 129 cm³/mol. The molecule has 2 atom stereocenters. The van der Waals surface area contributed by atoms with Crippen molar-refractivity contribution in [1.82, 2.24) is 9.97 Å². The van der Waals surface area contributed by atoms with Crippen LogP contribution in [0.3, 0.4) is 0 Å². The van der Waals surface area contributed by atoms with E-state index in [1.807, 2.05) is 54.6 Å². The van der Waals surface area contributed by atoms with Crippen molar-refractivity contribution in [2.24, 2.45) is 0 Å². The van der Waals surface area contributed by atoms with Gasteiger partial charge in [0.15, 0.2) is 0 Å². The summed E-state index contributed by atoms with van der Waals surface area (Å²) >= 11 is 7.79. The van der Waals surface area contributed by atoms with E-state index in [0.29, 0.717) is 6.01 Å². The molecule has 4 rings (SSSR count). The molecule has 0 aliphatic rings. The smallest absolute Gasteiger partial charge is 0.316 e. The molecule has 0 aliphatic carbocycles. The van der Waals surface area contributed by atoms with E-state index >= 15 is 0 Å². The van der Waals surface area contributed by atoms with Crippen molar-refractivity contribution in [3.63, 3.8) is 0 Å². The number of methoxy groups -OCH3 is 1. The molecule has 2 unspecified atom stereocenters. The Hall–Kier alpha value is -2.50. The highest BCUT2D eigenvalue weighted by molar-refractivity contribution is 9.12. The molecule has 5 heteroatoms. The van der Waals surface area contributed by atoms with E-state index in [1.54, 1.807) is 7.11 Å². The van der Waals surface area contributed by atoms with Crippen molar-refractivity contribution in [3.05, 3.63) is 102 Å². The lowest BCUT2D eigenvalue weighted by Crippen LogP contribution is -2.08. The van der Waals surface area contributed by atoms with Crippen LogP contribution < -0.4 is 4.74 Å². The zero-order valence-electron chi connectivity index (χ0n) is 16.4. The average molecular weight is 524 g/mol. The van der Waals surface area contributed by atoms with Gasteiger partial charge in [-0.2, -0.15) is 9.97 Å². The van der Waals surface area contributed by atoms with Gasteiger partial charge in [0, 0.05) is 11.1 Å². The Kier molecular flexibility index (Phi) is 6.60. The van der Waals surface area contributed by atoms with Crippen LogP contribution in [0.4, 0.5) is 0 Å². The van der Waals surface area contributed by atoms with Crippen LogP contribution in [0.5, 0.6) is 6.01 Å². The molecular formula is C25H20Br2N2O. The minimum atomic E-state index is -0.102. The molecule has 0 aliphatic heterocycles. The normalized spacial score (nSPS) is 12.9. The van der Waals surface area contributed by atoms with Gasteiger partial charge in [0.05, 0.1) is 28.2 Å². The first-order valence-corrected chi connectivity index (χ1v) is 11.4. The number of alkyl halides is 2. The second-order valence-corrected chi connectivity index (χ2v) is 8.74. The summed E-state index contributed by atoms with van der Waals surface area (Å²) in [6, 6.07) is 31.1. The molecular weight excluding hydrogens is 504 g/mol. The van der Waals surface area contributed by atoms with E-state index < -0.39 is 0 Å². The molecule has 0 N–H and O–H groups in total. The summed E-state index contributed by atoms with van der Waals surface area (Å²) in [4.78, 5) is 9.45. The molecule has 30 heavy (non-hydrogen) atoms. The third kappa shape index (κ3) is 4.32. The maximum atomic E-state index is 5.49. The summed E-state index contributed by atoms with van der Waals surface area (Å²) < 4.78 is 5.49. The van der Waals surface area contributed by atoms with E-state index in [1.165, 1.54) is 0 Å². The van der Waals surface area contributed by atoms with Crippen LogP contribution in [0.15, 0.2) is 91.0 Å². The Morgan fingerprint density at radius 1 is 0.667 bits per heavy atom. The van der Waals surface area contributed by atoms with Gasteiger partial charge in [0.25, 0.3) is 0 Å². The SMILES string of the molecule is COc1nc(-c2ccccc2)c(-c2ccccc2)c(C(Br)C(Br)c2ccccc2)n1. The molecule has 0 saturated carbocycles. The lowest BCUT2D eigenvalue weighted by atomic mass is 9.95. The number of rotatable bonds is 6. The quantitative estimate of drug-likeness (QED) is 0.247. The third-order valence-corrected chi connectivity index (χ3v) is 7.57. The van der Waals surface area contributed by atoms with E-state index in [4.69, 9.17) is 14.7 Å². The molecule has 1 aromatic heterocycles. The van der Waals surface area contributed by atoms with Crippen LogP contribution in [0, 0.1) is 0 Å². The molecule has 0 bridgehead atoms. The fourth-order valence-electron chi connectivity index (χ4n) is 3.39. The number of aromatic nitrogens is 2. The molecule has 150 valence electrons. The fraction of sp³-hybridized carbons (Fsp3) is 0.120. The first-order valence-electron chi connectivity index (χ1n) is 9.59. The van der Waals surface area contributed by atoms with Gasteiger partial charge in [-0.3, -0.25) is 0 Å². The first-order chi connectivity index (χ1) is 14.7. The van der Waals surface area contributed by atoms with Gasteiger partial charge in [0.1, 0.15) is 0 Å². The molecule has 3 nitrogen and oxygen atoms in total. The van der Waals surface area contributed by atoms with Crippen molar-refractivity contribution < 1.29 is 4.74 Å². The summed E-state index contributed by atoms with van der Waals surface area (Å²) in [5.41, 5.74) is 5.95. The summed E-state index contributed by atoms with van der Waals surface area (Å²) in [6.07, 6.45) is 0. The Labute approximate surface area is 193 Å². The van der Waals surface area contributed by atoms with E-state index in [0.717, 1.165) is 33.6 Å². The van der Waals surface area contributed by atoms with Crippen molar-refractivity contribution in [1.29, 1.82) is 0 Å². The van der Waals surface area contributed by atoms with Gasteiger partial charge < -0.3 is 4.74 Å². The van der Waals surface area contributed by atoms with Crippen LogP contribution in [0.2, 0.25) is 0 Å². The number of halogens is 2. The third-order valence-electron chi connectivity index (χ3n) is 4.84. The molecule has 0 fully saturated rings. The van der Waals surface area contributed by atoms with Crippen LogP contribution >= 0.6 is 31.9 Å². The Bertz CT molecular complexity index is 1110. The zero-order valence-corrected chi connectivity index (χ0v) is 19.5. The summed E-state index contributed by atoms with van der Waals surface area (Å²) in [7, 11) is 1.60. The Balaban J connectivity index is 1.95. The molecule has 0 radical (unpaired) electrons. The first kappa shape index (κ1) is 20.8. The highest BCUT2D eigenvalue weighted by Crippen LogP contribution is 2.47. The standard InChI is InChI=1S/C25H20Br2N2O/c1-30-25-28-23(19-15-9-4-10-16-19)20(17-11-5-2-6-12-17)24(29-25)22(27)21(26)18-13-7-3-8-14-18/h2-16,21-22H,1H3. The van der Waals surface area contributed by atoms with Crippen molar-refractivity contribution in [2.45, 2.75) is 9.65 Å². The number of ether oxygens (including phenoxy) is 1. The number of hydrogen-bond donors (Lipinski definition) is 0. The minimum absolute atomic E-state index is 0.0180. The maximum Gasteiger partial charge on any atom is 0.316 e. The molecule has 3 aromatic carbocycles.